The summed E-state index contributed by atoms with van der Waals surface area (Å²) in [4.78, 5) is 73.8. The topological polar surface area (TPSA) is 172 Å². The fraction of sp³-hybridized carbons (Fsp3) is 0.657. The third-order valence-corrected chi connectivity index (χ3v) is 11.5. The molecule has 0 aliphatic carbocycles. The monoisotopic (exact) mass is 769 g/mol. The first kappa shape index (κ1) is 39.4. The van der Waals surface area contributed by atoms with E-state index in [1.54, 1.807) is 10.5 Å². The van der Waals surface area contributed by atoms with Gasteiger partial charge in [0.25, 0.3) is 0 Å². The molecule has 0 bridgehead atoms. The number of rotatable bonds is 14. The summed E-state index contributed by atoms with van der Waals surface area (Å²) in [6, 6.07) is 7.50. The number of Topliss-reactive ketones (excluding diaryl/α,β-unsaturated/α-hetero) is 1. The molecule has 10 atom stereocenters. The van der Waals surface area contributed by atoms with E-state index in [0.717, 1.165) is 4.26 Å². The number of ether oxygens (including phenoxy) is 7. The first-order valence-electron chi connectivity index (χ1n) is 16.8. The second-order valence-corrected chi connectivity index (χ2v) is 15.3. The minimum absolute atomic E-state index is 0.0305. The van der Waals surface area contributed by atoms with Crippen LogP contribution in [0.1, 0.15) is 67.7 Å². The molecule has 0 saturated carbocycles. The Balaban J connectivity index is 1.50. The van der Waals surface area contributed by atoms with Crippen LogP contribution >= 0.6 is 0 Å². The number of ketones is 1. The number of aromatic nitrogens is 1. The number of fused-ring (bicyclic) bond motifs is 1. The molecule has 0 spiro atoms. The zero-order valence-electron chi connectivity index (χ0n) is 29.5. The van der Waals surface area contributed by atoms with Gasteiger partial charge in [-0.15, -0.1) is 0 Å². The van der Waals surface area contributed by atoms with Crippen molar-refractivity contribution < 1.29 is 57.1 Å². The number of hydrogen-bond donors (Lipinski definition) is 0. The summed E-state index contributed by atoms with van der Waals surface area (Å²) < 4.78 is 43.8. The average molecular weight is 769 g/mol. The Bertz CT molecular complexity index is 1580. The summed E-state index contributed by atoms with van der Waals surface area (Å²) in [7, 11) is 0. The van der Waals surface area contributed by atoms with Gasteiger partial charge in [0, 0.05) is 32.6 Å². The van der Waals surface area contributed by atoms with Gasteiger partial charge in [0.2, 0.25) is 0 Å². The smallest absolute Gasteiger partial charge is 0.463 e. The quantitative estimate of drug-likeness (QED) is 0.156. The number of esters is 4. The predicted molar refractivity (Wildman–Crippen MR) is 178 cm³/mol. The molecule has 0 radical (unpaired) electrons. The van der Waals surface area contributed by atoms with Gasteiger partial charge in [-0.2, -0.15) is 0 Å². The van der Waals surface area contributed by atoms with Crippen LogP contribution in [-0.2, 0) is 63.7 Å². The molecule has 276 valence electrons. The Labute approximate surface area is 296 Å². The molecule has 2 aliphatic rings. The van der Waals surface area contributed by atoms with Crippen LogP contribution in [0.15, 0.2) is 29.1 Å². The number of carbonyl (C=O) groups excluding carboxylic acids is 5. The van der Waals surface area contributed by atoms with Crippen LogP contribution in [0.3, 0.4) is 0 Å². The fourth-order valence-electron chi connectivity index (χ4n) is 6.52. The van der Waals surface area contributed by atoms with Gasteiger partial charge >= 0.3 is 204 Å². The van der Waals surface area contributed by atoms with Crippen molar-refractivity contribution in [2.45, 2.75) is 117 Å². The fourth-order valence-corrected chi connectivity index (χ4v) is 8.68. The average Bonchev–Trinajstić information content (AvgIpc) is 3.36. The summed E-state index contributed by atoms with van der Waals surface area (Å²) in [6.07, 6.45) is -5.37. The molecule has 0 N–H and O–H groups in total. The van der Waals surface area contributed by atoms with Gasteiger partial charge in [0.05, 0.1) is 0 Å². The molecule has 3 heterocycles. The zero-order chi connectivity index (χ0) is 36.7. The SMILES string of the molecule is CC(=O)OCC1O[C@@H](CC(=O)CCCn2[se]c3ccccc3c2=O)C(OC(C)=O)[C@@H](C)[C@@H]1O[C@@H]1OC(COC(C)=O)[C@H](OC(C)=O)[C@H](C)C1C. The van der Waals surface area contributed by atoms with Crippen molar-refractivity contribution in [3.05, 3.63) is 34.6 Å². The summed E-state index contributed by atoms with van der Waals surface area (Å²) in [5, 5.41) is 0.704. The summed E-state index contributed by atoms with van der Waals surface area (Å²) >= 11 is -0.142. The first-order valence-corrected chi connectivity index (χ1v) is 18.5. The molecular formula is C35H47NO13Se. The van der Waals surface area contributed by atoms with E-state index in [1.807, 2.05) is 38.1 Å². The number of hydrogen-bond acceptors (Lipinski definition) is 13. The van der Waals surface area contributed by atoms with Gasteiger partial charge in [0.15, 0.2) is 0 Å². The van der Waals surface area contributed by atoms with E-state index in [1.165, 1.54) is 27.7 Å². The molecule has 4 unspecified atom stereocenters. The van der Waals surface area contributed by atoms with Gasteiger partial charge in [-0.05, 0) is 0 Å². The van der Waals surface area contributed by atoms with Crippen LogP contribution in [0.2, 0.25) is 0 Å². The molecule has 2 fully saturated rings. The van der Waals surface area contributed by atoms with Crippen LogP contribution in [-0.4, -0.2) is 104 Å². The molecule has 14 nitrogen and oxygen atoms in total. The van der Waals surface area contributed by atoms with Crippen molar-refractivity contribution in [3.63, 3.8) is 0 Å². The maximum atomic E-state index is 13.3. The van der Waals surface area contributed by atoms with Crippen molar-refractivity contribution in [1.82, 2.24) is 3.56 Å². The van der Waals surface area contributed by atoms with E-state index in [9.17, 15) is 28.8 Å². The van der Waals surface area contributed by atoms with Crippen LogP contribution in [0, 0.1) is 17.8 Å². The van der Waals surface area contributed by atoms with Crippen LogP contribution in [0.4, 0.5) is 0 Å². The second kappa shape index (κ2) is 17.7. The van der Waals surface area contributed by atoms with E-state index < -0.39 is 72.7 Å². The summed E-state index contributed by atoms with van der Waals surface area (Å²) in [6.45, 7) is 10.7. The zero-order valence-corrected chi connectivity index (χ0v) is 31.2. The third kappa shape index (κ3) is 10.1. The van der Waals surface area contributed by atoms with Gasteiger partial charge in [-0.25, -0.2) is 0 Å². The predicted octanol–water partition coefficient (Wildman–Crippen LogP) is 2.57. The van der Waals surface area contributed by atoms with Crippen molar-refractivity contribution in [3.8, 4) is 0 Å². The van der Waals surface area contributed by atoms with Crippen LogP contribution in [0.25, 0.3) is 9.65 Å². The molecule has 2 aromatic rings. The Morgan fingerprint density at radius 2 is 1.32 bits per heavy atom. The molecule has 15 heteroatoms. The van der Waals surface area contributed by atoms with E-state index in [2.05, 4.69) is 0 Å². The van der Waals surface area contributed by atoms with E-state index >= 15 is 0 Å². The van der Waals surface area contributed by atoms with E-state index in [0.29, 0.717) is 18.4 Å². The second-order valence-electron chi connectivity index (χ2n) is 13.0. The molecule has 2 saturated heterocycles. The minimum Gasteiger partial charge on any atom is -0.463 e. The molecular weight excluding hydrogens is 721 g/mol. The van der Waals surface area contributed by atoms with Crippen molar-refractivity contribution in [2.24, 2.45) is 17.8 Å². The minimum atomic E-state index is -0.912. The Kier molecular flexibility index (Phi) is 14.0. The number of carbonyl (C=O) groups is 5. The molecule has 2 aliphatic heterocycles. The standard InChI is InChI=1S/C35H47NO13Se/c1-18-19(2)35(48-29(17-44-22(5)38)31(18)45-23(6)39)49-33-20(3)32(46-24(7)40)27(47-28(33)16-43-21(4)37)15-25(41)11-10-14-36-34(42)26-12-8-9-13-30(26)50-36/h8-9,12-13,18-20,27-29,31-33,35H,10-11,14-17H2,1-7H3/t18-,19?,20-,27+,28?,29?,31-,32?,33+,35+/m1/s1. The number of benzene rings is 1. The normalized spacial score (nSPS) is 29.6. The van der Waals surface area contributed by atoms with Gasteiger partial charge in [-0.3, -0.25) is 14.4 Å². The van der Waals surface area contributed by atoms with Crippen LogP contribution < -0.4 is 5.56 Å². The Hall–Kier alpha value is -3.36. The molecule has 50 heavy (non-hydrogen) atoms. The summed E-state index contributed by atoms with van der Waals surface area (Å²) in [5.74, 6) is -3.48. The van der Waals surface area contributed by atoms with Gasteiger partial charge in [-0.1, -0.05) is 13.8 Å². The number of aryl methyl sites for hydroxylation is 1. The molecule has 1 aromatic heterocycles. The Morgan fingerprint density at radius 1 is 0.740 bits per heavy atom. The molecule has 4 rings (SSSR count). The van der Waals surface area contributed by atoms with Gasteiger partial charge < -0.3 is 14.2 Å². The Morgan fingerprint density at radius 3 is 1.90 bits per heavy atom. The van der Waals surface area contributed by atoms with Crippen molar-refractivity contribution in [2.75, 3.05) is 13.2 Å². The molecule has 0 amide bonds. The summed E-state index contributed by atoms with van der Waals surface area (Å²) in [5.41, 5.74) is -0.0305. The first-order chi connectivity index (χ1) is 23.7. The third-order valence-electron chi connectivity index (χ3n) is 9.17. The maximum absolute atomic E-state index is 13.3. The number of nitrogens with zero attached hydrogens (tertiary/aromatic N) is 1. The molecule has 1 aromatic carbocycles. The van der Waals surface area contributed by atoms with Crippen molar-refractivity contribution >= 4 is 54.0 Å². The van der Waals surface area contributed by atoms with Crippen molar-refractivity contribution in [1.29, 1.82) is 0 Å². The van der Waals surface area contributed by atoms with E-state index in [4.69, 9.17) is 33.2 Å². The van der Waals surface area contributed by atoms with Crippen LogP contribution in [0.5, 0.6) is 0 Å². The van der Waals surface area contributed by atoms with Gasteiger partial charge in [0.1, 0.15) is 18.8 Å². The van der Waals surface area contributed by atoms with E-state index in [-0.39, 0.29) is 64.0 Å².